The molecule has 3 N–H and O–H groups in total. The van der Waals surface area contributed by atoms with Gasteiger partial charge in [-0.25, -0.2) is 4.98 Å². The van der Waals surface area contributed by atoms with Crippen LogP contribution in [0.5, 0.6) is 0 Å². The number of anilines is 2. The summed E-state index contributed by atoms with van der Waals surface area (Å²) in [6.07, 6.45) is 5.86. The van der Waals surface area contributed by atoms with Gasteiger partial charge in [0.15, 0.2) is 5.13 Å². The number of nitrogens with two attached hydrogens (primary N) is 1. The summed E-state index contributed by atoms with van der Waals surface area (Å²) in [5.41, 5.74) is 5.93. The summed E-state index contributed by atoms with van der Waals surface area (Å²) in [4.78, 5) is 19.5. The number of nitrogens with one attached hydrogen (secondary N) is 1. The van der Waals surface area contributed by atoms with Crippen LogP contribution in [0.3, 0.4) is 0 Å². The fourth-order valence-corrected chi connectivity index (χ4v) is 4.06. The van der Waals surface area contributed by atoms with Crippen molar-refractivity contribution in [2.75, 3.05) is 23.7 Å². The first-order valence-corrected chi connectivity index (χ1v) is 8.29. The van der Waals surface area contributed by atoms with Gasteiger partial charge in [-0.2, -0.15) is 0 Å². The Hall–Kier alpha value is -1.30. The van der Waals surface area contributed by atoms with Crippen molar-refractivity contribution in [2.45, 2.75) is 45.1 Å². The highest BCUT2D eigenvalue weighted by atomic mass is 32.1. The van der Waals surface area contributed by atoms with Crippen LogP contribution in [-0.4, -0.2) is 30.0 Å². The van der Waals surface area contributed by atoms with Crippen LogP contribution in [-0.2, 0) is 0 Å². The summed E-state index contributed by atoms with van der Waals surface area (Å²) in [6.45, 7) is 4.24. The van der Waals surface area contributed by atoms with Crippen LogP contribution in [0, 0.1) is 5.92 Å². The van der Waals surface area contributed by atoms with E-state index in [-0.39, 0.29) is 5.91 Å². The quantitative estimate of drug-likeness (QED) is 0.897. The van der Waals surface area contributed by atoms with Crippen molar-refractivity contribution in [3.05, 3.63) is 4.88 Å². The Bertz CT molecular complexity index is 495. The predicted molar refractivity (Wildman–Crippen MR) is 82.2 cm³/mol. The molecular weight excluding hydrogens is 272 g/mol. The molecule has 2 heterocycles. The molecule has 0 bridgehead atoms. The summed E-state index contributed by atoms with van der Waals surface area (Å²) in [5, 5.41) is 4.02. The first-order valence-electron chi connectivity index (χ1n) is 7.47. The number of carbonyl (C=O) groups is 1. The zero-order valence-electron chi connectivity index (χ0n) is 11.9. The molecule has 3 rings (SSSR count). The molecule has 2 fully saturated rings. The first-order chi connectivity index (χ1) is 9.65. The minimum atomic E-state index is -0.0517. The molecule has 1 amide bonds. The minimum Gasteiger partial charge on any atom is -0.382 e. The zero-order valence-corrected chi connectivity index (χ0v) is 12.7. The van der Waals surface area contributed by atoms with Gasteiger partial charge in [-0.3, -0.25) is 4.79 Å². The molecule has 2 unspecified atom stereocenters. The van der Waals surface area contributed by atoms with E-state index in [1.165, 1.54) is 37.0 Å². The second-order valence-electron chi connectivity index (χ2n) is 5.89. The van der Waals surface area contributed by atoms with Gasteiger partial charge < -0.3 is 16.0 Å². The molecule has 5 nitrogen and oxygen atoms in total. The molecule has 6 heteroatoms. The van der Waals surface area contributed by atoms with Crippen molar-refractivity contribution in [3.63, 3.8) is 0 Å². The highest BCUT2D eigenvalue weighted by molar-refractivity contribution is 7.18. The Kier molecular flexibility index (Phi) is 3.83. The van der Waals surface area contributed by atoms with Crippen LogP contribution in [0.4, 0.5) is 10.9 Å². The summed E-state index contributed by atoms with van der Waals surface area (Å²) in [6, 6.07) is 0.291. The van der Waals surface area contributed by atoms with Gasteiger partial charge in [-0.15, -0.1) is 0 Å². The van der Waals surface area contributed by atoms with Crippen molar-refractivity contribution in [1.29, 1.82) is 0 Å². The first kappa shape index (κ1) is 13.7. The van der Waals surface area contributed by atoms with E-state index in [4.69, 9.17) is 5.73 Å². The van der Waals surface area contributed by atoms with Gasteiger partial charge in [0, 0.05) is 19.1 Å². The zero-order chi connectivity index (χ0) is 14.1. The second kappa shape index (κ2) is 5.60. The smallest absolute Gasteiger partial charge is 0.265 e. The fraction of sp³-hybridized carbons (Fsp3) is 0.714. The Labute approximate surface area is 123 Å². The van der Waals surface area contributed by atoms with Crippen LogP contribution >= 0.6 is 11.3 Å². The fourth-order valence-electron chi connectivity index (χ4n) is 3.12. The maximum atomic E-state index is 12.4. The molecule has 0 spiro atoms. The Morgan fingerprint density at radius 2 is 2.10 bits per heavy atom. The standard InChI is InChI=1S/C14H22N4OS/c1-9-5-4-6-10(9)16-13(19)11-12(15)17-14(20-11)18-7-2-3-8-18/h9-10H,2-8,15H2,1H3,(H,16,19). The molecule has 110 valence electrons. The topological polar surface area (TPSA) is 71.2 Å². The van der Waals surface area contributed by atoms with E-state index >= 15 is 0 Å². The molecule has 20 heavy (non-hydrogen) atoms. The third kappa shape index (κ3) is 2.61. The Morgan fingerprint density at radius 1 is 1.35 bits per heavy atom. The third-order valence-corrected chi connectivity index (χ3v) is 5.53. The maximum Gasteiger partial charge on any atom is 0.265 e. The van der Waals surface area contributed by atoms with E-state index in [0.29, 0.717) is 22.7 Å². The SMILES string of the molecule is CC1CCCC1NC(=O)c1sc(N2CCCC2)nc1N. The molecular formula is C14H22N4OS. The molecule has 0 radical (unpaired) electrons. The molecule has 1 aliphatic heterocycles. The van der Waals surface area contributed by atoms with Crippen LogP contribution < -0.4 is 16.0 Å². The van der Waals surface area contributed by atoms with E-state index in [1.54, 1.807) is 0 Å². The lowest BCUT2D eigenvalue weighted by atomic mass is 10.1. The van der Waals surface area contributed by atoms with Crippen LogP contribution in [0.25, 0.3) is 0 Å². The van der Waals surface area contributed by atoms with Gasteiger partial charge in [-0.05, 0) is 31.6 Å². The molecule has 1 aliphatic carbocycles. The highest BCUT2D eigenvalue weighted by Gasteiger charge is 2.27. The number of aromatic nitrogens is 1. The van der Waals surface area contributed by atoms with E-state index in [1.807, 2.05) is 0 Å². The number of nitrogen functional groups attached to an aromatic ring is 1. The number of nitrogens with zero attached hydrogens (tertiary/aromatic N) is 2. The van der Waals surface area contributed by atoms with Crippen molar-refractivity contribution in [3.8, 4) is 0 Å². The van der Waals surface area contributed by atoms with Crippen LogP contribution in [0.2, 0.25) is 0 Å². The molecule has 1 saturated carbocycles. The van der Waals surface area contributed by atoms with Gasteiger partial charge in [0.05, 0.1) is 0 Å². The summed E-state index contributed by atoms with van der Waals surface area (Å²) < 4.78 is 0. The number of rotatable bonds is 3. The molecule has 1 aromatic heterocycles. The van der Waals surface area contributed by atoms with Crippen LogP contribution in [0.15, 0.2) is 0 Å². The van der Waals surface area contributed by atoms with E-state index < -0.39 is 0 Å². The predicted octanol–water partition coefficient (Wildman–Crippen LogP) is 2.24. The normalized spacial score (nSPS) is 26.1. The molecule has 2 atom stereocenters. The van der Waals surface area contributed by atoms with Gasteiger partial charge in [0.2, 0.25) is 0 Å². The average Bonchev–Trinajstić information content (AvgIpc) is 3.11. The number of hydrogen-bond acceptors (Lipinski definition) is 5. The van der Waals surface area contributed by atoms with Crippen molar-refractivity contribution >= 4 is 28.2 Å². The van der Waals surface area contributed by atoms with Crippen molar-refractivity contribution in [2.24, 2.45) is 5.92 Å². The molecule has 2 aliphatic rings. The lowest BCUT2D eigenvalue weighted by Crippen LogP contribution is -2.36. The minimum absolute atomic E-state index is 0.0517. The van der Waals surface area contributed by atoms with Gasteiger partial charge in [0.25, 0.3) is 5.91 Å². The Balaban J connectivity index is 1.71. The number of amides is 1. The maximum absolute atomic E-state index is 12.4. The molecule has 0 aromatic carbocycles. The Morgan fingerprint density at radius 3 is 2.75 bits per heavy atom. The summed E-state index contributed by atoms with van der Waals surface area (Å²) in [5.74, 6) is 0.885. The highest BCUT2D eigenvalue weighted by Crippen LogP contribution is 2.31. The third-order valence-electron chi connectivity index (χ3n) is 4.40. The average molecular weight is 294 g/mol. The van der Waals surface area contributed by atoms with Crippen molar-refractivity contribution in [1.82, 2.24) is 10.3 Å². The van der Waals surface area contributed by atoms with Gasteiger partial charge >= 0.3 is 0 Å². The number of carbonyl (C=O) groups excluding carboxylic acids is 1. The van der Waals surface area contributed by atoms with E-state index in [9.17, 15) is 4.79 Å². The van der Waals surface area contributed by atoms with E-state index in [0.717, 1.165) is 24.6 Å². The van der Waals surface area contributed by atoms with Crippen molar-refractivity contribution < 1.29 is 4.79 Å². The summed E-state index contributed by atoms with van der Waals surface area (Å²) in [7, 11) is 0. The van der Waals surface area contributed by atoms with Crippen LogP contribution in [0.1, 0.15) is 48.7 Å². The van der Waals surface area contributed by atoms with E-state index in [2.05, 4.69) is 22.1 Å². The van der Waals surface area contributed by atoms with Gasteiger partial charge in [-0.1, -0.05) is 24.7 Å². The molecule has 1 saturated heterocycles. The monoisotopic (exact) mass is 294 g/mol. The second-order valence-corrected chi connectivity index (χ2v) is 6.87. The largest absolute Gasteiger partial charge is 0.382 e. The molecule has 1 aromatic rings. The lowest BCUT2D eigenvalue weighted by Gasteiger charge is -2.16. The summed E-state index contributed by atoms with van der Waals surface area (Å²) >= 11 is 1.43. The number of thiazole rings is 1. The number of hydrogen-bond donors (Lipinski definition) is 2. The van der Waals surface area contributed by atoms with Gasteiger partial charge in [0.1, 0.15) is 10.7 Å². The lowest BCUT2D eigenvalue weighted by molar-refractivity contribution is 0.0934.